The molecule has 4 nitrogen and oxygen atoms in total. The van der Waals surface area contributed by atoms with Crippen molar-refractivity contribution in [2.45, 2.75) is 25.8 Å². The molecule has 1 atom stereocenters. The molecular weight excluding hydrogens is 271 g/mol. The Morgan fingerprint density at radius 1 is 1.19 bits per heavy atom. The first kappa shape index (κ1) is 15.1. The van der Waals surface area contributed by atoms with Gasteiger partial charge in [-0.25, -0.2) is 4.39 Å². The Balaban J connectivity index is 2.09. The van der Waals surface area contributed by atoms with Crippen molar-refractivity contribution in [3.05, 3.63) is 75.1 Å². The number of nitrogens with zero attached hydrogens (tertiary/aromatic N) is 1. The van der Waals surface area contributed by atoms with E-state index in [0.29, 0.717) is 18.4 Å². The van der Waals surface area contributed by atoms with Gasteiger partial charge in [0, 0.05) is 12.1 Å². The summed E-state index contributed by atoms with van der Waals surface area (Å²) in [6.45, 7) is 2.00. The molecule has 0 saturated heterocycles. The highest BCUT2D eigenvalue weighted by molar-refractivity contribution is 5.35. The van der Waals surface area contributed by atoms with Gasteiger partial charge in [0.1, 0.15) is 5.82 Å². The zero-order valence-electron chi connectivity index (χ0n) is 11.8. The number of nitro benzene ring substituents is 1. The summed E-state index contributed by atoms with van der Waals surface area (Å²) in [5, 5.41) is 10.7. The van der Waals surface area contributed by atoms with Gasteiger partial charge in [-0.2, -0.15) is 0 Å². The van der Waals surface area contributed by atoms with Crippen molar-refractivity contribution >= 4 is 5.69 Å². The normalized spacial score (nSPS) is 12.1. The van der Waals surface area contributed by atoms with Crippen molar-refractivity contribution in [2.24, 2.45) is 5.73 Å². The Labute approximate surface area is 122 Å². The molecule has 2 N–H and O–H groups in total. The van der Waals surface area contributed by atoms with Gasteiger partial charge in [0.2, 0.25) is 0 Å². The number of nitro groups is 1. The minimum Gasteiger partial charge on any atom is -0.327 e. The van der Waals surface area contributed by atoms with Gasteiger partial charge >= 0.3 is 0 Å². The Bertz CT molecular complexity index is 658. The van der Waals surface area contributed by atoms with Crippen LogP contribution in [0.4, 0.5) is 10.1 Å². The molecule has 0 aromatic heterocycles. The quantitative estimate of drug-likeness (QED) is 0.678. The molecule has 0 fully saturated rings. The molecule has 0 heterocycles. The van der Waals surface area contributed by atoms with Gasteiger partial charge in [0.25, 0.3) is 5.69 Å². The Kier molecular flexibility index (Phi) is 4.65. The highest BCUT2D eigenvalue weighted by Gasteiger charge is 2.12. The third-order valence-corrected chi connectivity index (χ3v) is 3.23. The summed E-state index contributed by atoms with van der Waals surface area (Å²) in [4.78, 5) is 10.1. The van der Waals surface area contributed by atoms with Gasteiger partial charge in [0.05, 0.1) is 11.0 Å². The fourth-order valence-electron chi connectivity index (χ4n) is 2.37. The molecule has 2 aromatic carbocycles. The van der Waals surface area contributed by atoms with Crippen LogP contribution in [0, 0.1) is 22.9 Å². The van der Waals surface area contributed by atoms with Gasteiger partial charge in [-0.3, -0.25) is 10.1 Å². The predicted molar refractivity (Wildman–Crippen MR) is 79.6 cm³/mol. The van der Waals surface area contributed by atoms with Crippen LogP contribution in [0.25, 0.3) is 0 Å². The van der Waals surface area contributed by atoms with Crippen LogP contribution in [-0.2, 0) is 12.8 Å². The van der Waals surface area contributed by atoms with Crippen molar-refractivity contribution in [3.8, 4) is 0 Å². The Morgan fingerprint density at radius 2 is 1.90 bits per heavy atom. The number of aryl methyl sites for hydroxylation is 1. The molecular formula is C16H17FN2O2. The van der Waals surface area contributed by atoms with Crippen molar-refractivity contribution in [1.29, 1.82) is 0 Å². The lowest BCUT2D eigenvalue weighted by molar-refractivity contribution is -0.385. The summed E-state index contributed by atoms with van der Waals surface area (Å²) in [5.41, 5.74) is 8.63. The van der Waals surface area contributed by atoms with Gasteiger partial charge in [-0.15, -0.1) is 0 Å². The fourth-order valence-corrected chi connectivity index (χ4v) is 2.37. The molecule has 0 aliphatic rings. The van der Waals surface area contributed by atoms with Gasteiger partial charge in [-0.05, 0) is 37.0 Å². The third kappa shape index (κ3) is 4.36. The summed E-state index contributed by atoms with van der Waals surface area (Å²) in [6.07, 6.45) is 1.04. The Morgan fingerprint density at radius 3 is 2.57 bits per heavy atom. The first-order valence-electron chi connectivity index (χ1n) is 6.69. The SMILES string of the molecule is Cc1cccc(CC(N)Cc2cc(F)cc([N+](=O)[O-])c2)c1. The van der Waals surface area contributed by atoms with E-state index in [1.54, 1.807) is 0 Å². The Hall–Kier alpha value is -2.27. The van der Waals surface area contributed by atoms with Gasteiger partial charge in [0.15, 0.2) is 0 Å². The zero-order valence-corrected chi connectivity index (χ0v) is 11.8. The minimum absolute atomic E-state index is 0.215. The third-order valence-electron chi connectivity index (χ3n) is 3.23. The molecule has 0 saturated carbocycles. The van der Waals surface area contributed by atoms with Crippen LogP contribution in [-0.4, -0.2) is 11.0 Å². The molecule has 2 rings (SSSR count). The summed E-state index contributed by atoms with van der Waals surface area (Å²) >= 11 is 0. The summed E-state index contributed by atoms with van der Waals surface area (Å²) in [7, 11) is 0. The fraction of sp³-hybridized carbons (Fsp3) is 0.250. The first-order valence-corrected chi connectivity index (χ1v) is 6.69. The van der Waals surface area contributed by atoms with Crippen LogP contribution in [0.1, 0.15) is 16.7 Å². The zero-order chi connectivity index (χ0) is 15.4. The number of rotatable bonds is 5. The van der Waals surface area contributed by atoms with Crippen molar-refractivity contribution in [3.63, 3.8) is 0 Å². The van der Waals surface area contributed by atoms with Crippen LogP contribution in [0.5, 0.6) is 0 Å². The number of hydrogen-bond acceptors (Lipinski definition) is 3. The molecule has 2 aromatic rings. The number of hydrogen-bond donors (Lipinski definition) is 1. The highest BCUT2D eigenvalue weighted by Crippen LogP contribution is 2.18. The van der Waals surface area contributed by atoms with Crippen molar-refractivity contribution in [1.82, 2.24) is 0 Å². The molecule has 0 radical (unpaired) electrons. The van der Waals surface area contributed by atoms with E-state index in [-0.39, 0.29) is 11.7 Å². The van der Waals surface area contributed by atoms with E-state index in [0.717, 1.165) is 17.2 Å². The second-order valence-corrected chi connectivity index (χ2v) is 5.23. The molecule has 0 amide bonds. The van der Waals surface area contributed by atoms with Crippen LogP contribution in [0.3, 0.4) is 0 Å². The second-order valence-electron chi connectivity index (χ2n) is 5.23. The van der Waals surface area contributed by atoms with E-state index in [9.17, 15) is 14.5 Å². The number of benzene rings is 2. The first-order chi connectivity index (χ1) is 9.94. The van der Waals surface area contributed by atoms with E-state index in [1.807, 2.05) is 31.2 Å². The molecule has 21 heavy (non-hydrogen) atoms. The number of nitrogens with two attached hydrogens (primary N) is 1. The van der Waals surface area contributed by atoms with Crippen molar-refractivity contribution in [2.75, 3.05) is 0 Å². The molecule has 0 bridgehead atoms. The average Bonchev–Trinajstić information content (AvgIpc) is 2.37. The van der Waals surface area contributed by atoms with E-state index in [4.69, 9.17) is 5.73 Å². The summed E-state index contributed by atoms with van der Waals surface area (Å²) in [5.74, 6) is -0.609. The molecule has 5 heteroatoms. The molecule has 110 valence electrons. The maximum absolute atomic E-state index is 13.4. The van der Waals surface area contributed by atoms with Crippen LogP contribution >= 0.6 is 0 Å². The lowest BCUT2D eigenvalue weighted by Crippen LogP contribution is -2.25. The molecule has 0 aliphatic carbocycles. The standard InChI is InChI=1S/C16H17FN2O2/c1-11-3-2-4-12(5-11)7-15(18)8-13-6-14(17)10-16(9-13)19(20)21/h2-6,9-10,15H,7-8,18H2,1H3. The van der Waals surface area contributed by atoms with E-state index in [1.165, 1.54) is 12.1 Å². The lowest BCUT2D eigenvalue weighted by atomic mass is 9.98. The van der Waals surface area contributed by atoms with E-state index in [2.05, 4.69) is 0 Å². The monoisotopic (exact) mass is 288 g/mol. The molecule has 0 aliphatic heterocycles. The van der Waals surface area contributed by atoms with Gasteiger partial charge < -0.3 is 5.73 Å². The smallest absolute Gasteiger partial charge is 0.272 e. The molecule has 0 spiro atoms. The maximum atomic E-state index is 13.4. The topological polar surface area (TPSA) is 69.2 Å². The van der Waals surface area contributed by atoms with Crippen molar-refractivity contribution < 1.29 is 9.31 Å². The lowest BCUT2D eigenvalue weighted by Gasteiger charge is -2.12. The number of halogens is 1. The molecule has 1 unspecified atom stereocenters. The van der Waals surface area contributed by atoms with Crippen LogP contribution < -0.4 is 5.73 Å². The largest absolute Gasteiger partial charge is 0.327 e. The predicted octanol–water partition coefficient (Wildman–Crippen LogP) is 3.15. The highest BCUT2D eigenvalue weighted by atomic mass is 19.1. The van der Waals surface area contributed by atoms with E-state index >= 15 is 0 Å². The van der Waals surface area contributed by atoms with Gasteiger partial charge in [-0.1, -0.05) is 29.8 Å². The minimum atomic E-state index is -0.609. The van der Waals surface area contributed by atoms with Crippen LogP contribution in [0.15, 0.2) is 42.5 Å². The number of non-ortho nitro benzene ring substituents is 1. The average molecular weight is 288 g/mol. The summed E-state index contributed by atoms with van der Waals surface area (Å²) < 4.78 is 13.4. The maximum Gasteiger partial charge on any atom is 0.272 e. The van der Waals surface area contributed by atoms with Crippen LogP contribution in [0.2, 0.25) is 0 Å². The van der Waals surface area contributed by atoms with E-state index < -0.39 is 10.7 Å². The second kappa shape index (κ2) is 6.45. The summed E-state index contributed by atoms with van der Waals surface area (Å²) in [6, 6.07) is 11.4.